The molecule has 5 rings (SSSR count). The summed E-state index contributed by atoms with van der Waals surface area (Å²) in [6.07, 6.45) is -0.882. The van der Waals surface area contributed by atoms with Crippen molar-refractivity contribution >= 4 is 34.8 Å². The Labute approximate surface area is 185 Å². The second kappa shape index (κ2) is 7.52. The Balaban J connectivity index is 1.61. The molecule has 6 heteroatoms. The van der Waals surface area contributed by atoms with Crippen LogP contribution in [0.3, 0.4) is 0 Å². The Morgan fingerprint density at radius 2 is 1.45 bits per heavy atom. The van der Waals surface area contributed by atoms with Crippen molar-refractivity contribution in [3.05, 3.63) is 94.5 Å². The molecule has 3 atom stereocenters. The van der Waals surface area contributed by atoms with Crippen LogP contribution in [0, 0.1) is 19.8 Å². The summed E-state index contributed by atoms with van der Waals surface area (Å²) in [4.78, 5) is 34.6. The molecule has 0 unspecified atom stereocenters. The second-order valence-corrected chi connectivity index (χ2v) is 8.40. The maximum absolute atomic E-state index is 13.7. The number of halogens is 1. The highest BCUT2D eigenvalue weighted by molar-refractivity contribution is 6.30. The molecule has 31 heavy (non-hydrogen) atoms. The zero-order chi connectivity index (χ0) is 21.7. The predicted octanol–water partition coefficient (Wildman–Crippen LogP) is 5.01. The van der Waals surface area contributed by atoms with Crippen LogP contribution in [0.25, 0.3) is 0 Å². The van der Waals surface area contributed by atoms with Crippen LogP contribution in [0.5, 0.6) is 0 Å². The Kier molecular flexibility index (Phi) is 4.80. The van der Waals surface area contributed by atoms with Gasteiger partial charge in [-0.15, -0.1) is 0 Å². The molecule has 0 aliphatic carbocycles. The number of amides is 2. The zero-order valence-electron chi connectivity index (χ0n) is 17.2. The Bertz CT molecular complexity index is 1140. The Hall–Kier alpha value is -3.15. The molecule has 3 aromatic rings. The lowest BCUT2D eigenvalue weighted by molar-refractivity contribution is -0.126. The van der Waals surface area contributed by atoms with Crippen LogP contribution in [-0.4, -0.2) is 17.9 Å². The number of rotatable bonds is 3. The highest BCUT2D eigenvalue weighted by Crippen LogP contribution is 2.48. The van der Waals surface area contributed by atoms with E-state index in [0.29, 0.717) is 10.7 Å². The number of anilines is 2. The van der Waals surface area contributed by atoms with E-state index in [1.54, 1.807) is 17.2 Å². The van der Waals surface area contributed by atoms with Gasteiger partial charge in [-0.1, -0.05) is 60.1 Å². The maximum atomic E-state index is 13.7. The summed E-state index contributed by atoms with van der Waals surface area (Å²) in [7, 11) is 0. The zero-order valence-corrected chi connectivity index (χ0v) is 17.9. The number of benzene rings is 3. The second-order valence-electron chi connectivity index (χ2n) is 7.96. The maximum Gasteiger partial charge on any atom is 0.266 e. The van der Waals surface area contributed by atoms with Gasteiger partial charge in [-0.3, -0.25) is 14.4 Å². The largest absolute Gasteiger partial charge is 0.273 e. The number of hydroxylamine groups is 1. The minimum absolute atomic E-state index is 0.245. The van der Waals surface area contributed by atoms with E-state index in [-0.39, 0.29) is 11.8 Å². The van der Waals surface area contributed by atoms with E-state index in [9.17, 15) is 9.59 Å². The third-order valence-electron chi connectivity index (χ3n) is 6.00. The molecule has 0 bridgehead atoms. The number of carbonyl (C=O) groups excluding carboxylic acids is 2. The van der Waals surface area contributed by atoms with Crippen molar-refractivity contribution in [3.63, 3.8) is 0 Å². The van der Waals surface area contributed by atoms with E-state index in [4.69, 9.17) is 16.4 Å². The molecule has 0 N–H and O–H groups in total. The summed E-state index contributed by atoms with van der Waals surface area (Å²) >= 11 is 6.10. The SMILES string of the molecule is Cc1cccc(C)c1N1C(=O)[C@@H]2[C@@H](ON(c3ccccc3)[C@H]2c2ccc(Cl)cc2)C1=O. The molecule has 0 radical (unpaired) electrons. The first kappa shape index (κ1) is 19.8. The Morgan fingerprint density at radius 1 is 0.806 bits per heavy atom. The summed E-state index contributed by atoms with van der Waals surface area (Å²) in [5.74, 6) is -1.23. The average molecular weight is 433 g/mol. The predicted molar refractivity (Wildman–Crippen MR) is 120 cm³/mol. The van der Waals surface area contributed by atoms with Gasteiger partial charge in [0.25, 0.3) is 5.91 Å². The highest BCUT2D eigenvalue weighted by Gasteiger charge is 2.60. The minimum atomic E-state index is -0.882. The van der Waals surface area contributed by atoms with Crippen molar-refractivity contribution in [2.45, 2.75) is 26.0 Å². The number of para-hydroxylation sites is 2. The minimum Gasteiger partial charge on any atom is -0.273 e. The number of aryl methyl sites for hydroxylation is 2. The quantitative estimate of drug-likeness (QED) is 0.546. The molecule has 0 spiro atoms. The van der Waals surface area contributed by atoms with Crippen molar-refractivity contribution in [2.75, 3.05) is 9.96 Å². The van der Waals surface area contributed by atoms with Crippen LogP contribution in [0.4, 0.5) is 11.4 Å². The van der Waals surface area contributed by atoms with E-state index < -0.39 is 18.1 Å². The average Bonchev–Trinajstić information content (AvgIpc) is 3.27. The molecule has 2 aliphatic rings. The monoisotopic (exact) mass is 432 g/mol. The highest BCUT2D eigenvalue weighted by atomic mass is 35.5. The van der Waals surface area contributed by atoms with Gasteiger partial charge in [-0.25, -0.2) is 9.96 Å². The first-order valence-electron chi connectivity index (χ1n) is 10.2. The van der Waals surface area contributed by atoms with E-state index in [0.717, 1.165) is 22.4 Å². The standard InChI is InChI=1S/C25H21ClN2O3/c1-15-7-6-8-16(2)21(15)27-24(29)20-22(17-11-13-18(26)14-12-17)28(31-23(20)25(27)30)19-9-4-3-5-10-19/h3-14,20,22-23H,1-2H3/t20-,22-,23+/m0/s1. The number of hydrogen-bond acceptors (Lipinski definition) is 4. The van der Waals surface area contributed by atoms with Crippen molar-refractivity contribution < 1.29 is 14.4 Å². The van der Waals surface area contributed by atoms with Crippen LogP contribution < -0.4 is 9.96 Å². The molecule has 156 valence electrons. The van der Waals surface area contributed by atoms with Gasteiger partial charge in [0.2, 0.25) is 5.91 Å². The van der Waals surface area contributed by atoms with Gasteiger partial charge >= 0.3 is 0 Å². The fourth-order valence-electron chi connectivity index (χ4n) is 4.59. The lowest BCUT2D eigenvalue weighted by Gasteiger charge is -2.29. The number of nitrogens with zero attached hydrogens (tertiary/aromatic N) is 2. The van der Waals surface area contributed by atoms with E-state index in [1.807, 2.05) is 74.5 Å². The van der Waals surface area contributed by atoms with Gasteiger partial charge < -0.3 is 0 Å². The summed E-state index contributed by atoms with van der Waals surface area (Å²) in [6, 6.07) is 22.2. The van der Waals surface area contributed by atoms with Gasteiger partial charge in [0.15, 0.2) is 6.10 Å². The summed E-state index contributed by atoms with van der Waals surface area (Å²) in [6.45, 7) is 3.82. The lowest BCUT2D eigenvalue weighted by atomic mass is 9.90. The number of imide groups is 1. The first-order valence-corrected chi connectivity index (χ1v) is 10.6. The third-order valence-corrected chi connectivity index (χ3v) is 6.25. The molecular formula is C25H21ClN2O3. The van der Waals surface area contributed by atoms with Crippen LogP contribution >= 0.6 is 11.6 Å². The van der Waals surface area contributed by atoms with Gasteiger partial charge in [0.05, 0.1) is 17.4 Å². The van der Waals surface area contributed by atoms with E-state index in [2.05, 4.69) is 0 Å². The summed E-state index contributed by atoms with van der Waals surface area (Å²) < 4.78 is 0. The number of carbonyl (C=O) groups is 2. The molecule has 0 saturated carbocycles. The molecule has 2 aliphatic heterocycles. The smallest absolute Gasteiger partial charge is 0.266 e. The molecular weight excluding hydrogens is 412 g/mol. The van der Waals surface area contributed by atoms with Crippen LogP contribution in [0.1, 0.15) is 22.7 Å². The van der Waals surface area contributed by atoms with Gasteiger partial charge in [0.1, 0.15) is 5.92 Å². The molecule has 5 nitrogen and oxygen atoms in total. The number of fused-ring (bicyclic) bond motifs is 1. The molecule has 2 amide bonds. The van der Waals surface area contributed by atoms with Crippen molar-refractivity contribution in [2.24, 2.45) is 5.92 Å². The van der Waals surface area contributed by atoms with Crippen LogP contribution in [-0.2, 0) is 14.4 Å². The molecule has 3 aromatic carbocycles. The summed E-state index contributed by atoms with van der Waals surface area (Å²) in [5, 5.41) is 2.30. The normalized spacial score (nSPS) is 22.9. The Morgan fingerprint density at radius 3 is 2.10 bits per heavy atom. The molecule has 0 aromatic heterocycles. The van der Waals surface area contributed by atoms with Crippen molar-refractivity contribution in [1.29, 1.82) is 0 Å². The molecule has 2 fully saturated rings. The fraction of sp³-hybridized carbons (Fsp3) is 0.200. The lowest BCUT2D eigenvalue weighted by Crippen LogP contribution is -2.38. The third kappa shape index (κ3) is 3.12. The summed E-state index contributed by atoms with van der Waals surface area (Å²) in [5.41, 5.74) is 4.06. The fourth-order valence-corrected chi connectivity index (χ4v) is 4.72. The van der Waals surface area contributed by atoms with Gasteiger partial charge in [-0.05, 0) is 54.8 Å². The number of hydrogen-bond donors (Lipinski definition) is 0. The van der Waals surface area contributed by atoms with Crippen LogP contribution in [0.2, 0.25) is 5.02 Å². The van der Waals surface area contributed by atoms with Crippen molar-refractivity contribution in [1.82, 2.24) is 0 Å². The van der Waals surface area contributed by atoms with Gasteiger partial charge in [0, 0.05) is 5.02 Å². The van der Waals surface area contributed by atoms with Crippen LogP contribution in [0.15, 0.2) is 72.8 Å². The van der Waals surface area contributed by atoms with Crippen molar-refractivity contribution in [3.8, 4) is 0 Å². The molecule has 2 heterocycles. The molecule has 2 saturated heterocycles. The topological polar surface area (TPSA) is 49.9 Å². The van der Waals surface area contributed by atoms with E-state index >= 15 is 0 Å². The van der Waals surface area contributed by atoms with E-state index in [1.165, 1.54) is 4.90 Å². The van der Waals surface area contributed by atoms with Gasteiger partial charge in [-0.2, -0.15) is 0 Å². The first-order chi connectivity index (χ1) is 15.0.